The Labute approximate surface area is 385 Å². The number of benzene rings is 12. The Morgan fingerprint density at radius 3 is 1.09 bits per heavy atom. The van der Waals surface area contributed by atoms with Crippen molar-refractivity contribution in [3.63, 3.8) is 0 Å². The second-order valence-electron chi connectivity index (χ2n) is 18.3. The normalized spacial score (nSPS) is 14.0. The predicted molar refractivity (Wildman–Crippen MR) is 276 cm³/mol. The van der Waals surface area contributed by atoms with E-state index in [2.05, 4.69) is 255 Å². The Morgan fingerprint density at radius 1 is 0.212 bits per heavy atom. The molecule has 0 aromatic heterocycles. The average Bonchev–Trinajstić information content (AvgIpc) is 3.86. The molecule has 0 aliphatic heterocycles. The van der Waals surface area contributed by atoms with Crippen molar-refractivity contribution in [3.05, 3.63) is 299 Å². The van der Waals surface area contributed by atoms with Crippen molar-refractivity contribution in [1.82, 2.24) is 0 Å². The molecule has 0 amide bonds. The van der Waals surface area contributed by atoms with E-state index in [4.69, 9.17) is 0 Å². The van der Waals surface area contributed by atoms with Gasteiger partial charge in [0.1, 0.15) is 0 Å². The summed E-state index contributed by atoms with van der Waals surface area (Å²) in [6.07, 6.45) is 0. The van der Waals surface area contributed by atoms with E-state index < -0.39 is 10.8 Å². The van der Waals surface area contributed by atoms with Crippen LogP contribution in [0.3, 0.4) is 0 Å². The number of hydrogen-bond acceptors (Lipinski definition) is 0. The lowest BCUT2D eigenvalue weighted by atomic mass is 9.66. The Balaban J connectivity index is 1.01. The molecule has 0 saturated carbocycles. The van der Waals surface area contributed by atoms with Gasteiger partial charge >= 0.3 is 0 Å². The maximum Gasteiger partial charge on any atom is 0.0713 e. The van der Waals surface area contributed by atoms with Crippen LogP contribution in [0.1, 0.15) is 44.5 Å². The molecule has 0 radical (unpaired) electrons. The van der Waals surface area contributed by atoms with Gasteiger partial charge in [-0.3, -0.25) is 0 Å². The third-order valence-electron chi connectivity index (χ3n) is 15.2. The molecule has 12 aromatic rings. The molecule has 2 aliphatic rings. The maximum absolute atomic E-state index is 2.52. The quantitative estimate of drug-likeness (QED) is 0.146. The Morgan fingerprint density at radius 2 is 0.576 bits per heavy atom. The summed E-state index contributed by atoms with van der Waals surface area (Å²) >= 11 is 0. The Bertz CT molecular complexity index is 3750. The van der Waals surface area contributed by atoms with E-state index in [9.17, 15) is 0 Å². The van der Waals surface area contributed by atoms with Crippen molar-refractivity contribution < 1.29 is 0 Å². The second-order valence-corrected chi connectivity index (χ2v) is 18.3. The van der Waals surface area contributed by atoms with Crippen LogP contribution in [0.15, 0.2) is 255 Å². The molecule has 0 unspecified atom stereocenters. The van der Waals surface area contributed by atoms with E-state index in [0.29, 0.717) is 0 Å². The summed E-state index contributed by atoms with van der Waals surface area (Å²) < 4.78 is 0. The van der Waals surface area contributed by atoms with Crippen LogP contribution in [0.4, 0.5) is 0 Å². The summed E-state index contributed by atoms with van der Waals surface area (Å²) in [7, 11) is 0. The van der Waals surface area contributed by atoms with E-state index in [0.717, 1.165) is 0 Å². The van der Waals surface area contributed by atoms with Gasteiger partial charge in [-0.25, -0.2) is 0 Å². The third kappa shape index (κ3) is 4.99. The van der Waals surface area contributed by atoms with E-state index in [1.807, 2.05) is 0 Å². The standard InChI is InChI=1S/C66H42/c1-5-18-49(19-6-1)65(50-20-7-2-8-21-50)59-27-14-13-26-54(59)55-36-32-46(40-60(55)65)47-33-37-56-57-38-34-48(53-35-30-45-29-28-43-16-15-17-44-31-39-58(53)64(45)63(43)44)42-62(57)66(61(56)41-47,51-22-9-3-10-23-51)52-24-11-4-12-25-52/h1-42H. The molecule has 66 heavy (non-hydrogen) atoms. The first kappa shape index (κ1) is 37.1. The summed E-state index contributed by atoms with van der Waals surface area (Å²) in [5.41, 5.74) is 19.3. The molecule has 0 spiro atoms. The first-order chi connectivity index (χ1) is 32.7. The molecule has 14 rings (SSSR count). The van der Waals surface area contributed by atoms with Crippen LogP contribution >= 0.6 is 0 Å². The van der Waals surface area contributed by atoms with Gasteiger partial charge in [-0.05, 0) is 140 Å². The van der Waals surface area contributed by atoms with Crippen molar-refractivity contribution >= 4 is 32.3 Å². The lowest BCUT2D eigenvalue weighted by Gasteiger charge is -2.34. The lowest BCUT2D eigenvalue weighted by molar-refractivity contribution is 0.767. The molecule has 2 aliphatic carbocycles. The van der Waals surface area contributed by atoms with Crippen LogP contribution in [0, 0.1) is 0 Å². The fourth-order valence-corrected chi connectivity index (χ4v) is 12.4. The minimum Gasteiger partial charge on any atom is -0.0622 e. The predicted octanol–water partition coefficient (Wildman–Crippen LogP) is 16.6. The van der Waals surface area contributed by atoms with Gasteiger partial charge in [0.05, 0.1) is 10.8 Å². The smallest absolute Gasteiger partial charge is 0.0622 e. The topological polar surface area (TPSA) is 0 Å². The minimum atomic E-state index is -0.576. The largest absolute Gasteiger partial charge is 0.0713 e. The Kier molecular flexibility index (Phi) is 7.92. The van der Waals surface area contributed by atoms with Crippen molar-refractivity contribution in [2.24, 2.45) is 0 Å². The zero-order chi connectivity index (χ0) is 43.4. The number of rotatable bonds is 6. The van der Waals surface area contributed by atoms with E-state index in [-0.39, 0.29) is 0 Å². The Hall–Kier alpha value is -8.32. The van der Waals surface area contributed by atoms with Gasteiger partial charge < -0.3 is 0 Å². The summed E-state index contributed by atoms with van der Waals surface area (Å²) in [6.45, 7) is 0. The van der Waals surface area contributed by atoms with E-state index >= 15 is 0 Å². The SMILES string of the molecule is c1ccc(C2(c3ccccc3)c3ccccc3-c3ccc(-c4ccc5c(c4)C(c4ccccc4)(c4ccccc4)c4cc(-c6ccc7ccc8cccc9ccc6c7c89)ccc4-5)cc32)cc1. The highest BCUT2D eigenvalue weighted by atomic mass is 14.5. The average molecular weight is 835 g/mol. The van der Waals surface area contributed by atoms with Crippen LogP contribution in [0.25, 0.3) is 76.8 Å². The van der Waals surface area contributed by atoms with Gasteiger partial charge in [0.25, 0.3) is 0 Å². The number of hydrogen-bond donors (Lipinski definition) is 0. The van der Waals surface area contributed by atoms with Crippen LogP contribution < -0.4 is 0 Å². The summed E-state index contributed by atoms with van der Waals surface area (Å²) in [5.74, 6) is 0. The van der Waals surface area contributed by atoms with Crippen molar-refractivity contribution in [2.45, 2.75) is 10.8 Å². The van der Waals surface area contributed by atoms with Crippen molar-refractivity contribution in [2.75, 3.05) is 0 Å². The highest BCUT2D eigenvalue weighted by Gasteiger charge is 2.48. The molecular weight excluding hydrogens is 793 g/mol. The highest BCUT2D eigenvalue weighted by Crippen LogP contribution is 2.59. The monoisotopic (exact) mass is 834 g/mol. The van der Waals surface area contributed by atoms with Gasteiger partial charge in [0.15, 0.2) is 0 Å². The molecule has 0 atom stereocenters. The van der Waals surface area contributed by atoms with Gasteiger partial charge in [0, 0.05) is 0 Å². The van der Waals surface area contributed by atoms with Crippen LogP contribution in [-0.4, -0.2) is 0 Å². The van der Waals surface area contributed by atoms with Gasteiger partial charge in [-0.15, -0.1) is 0 Å². The van der Waals surface area contributed by atoms with Gasteiger partial charge in [0.2, 0.25) is 0 Å². The fourth-order valence-electron chi connectivity index (χ4n) is 12.4. The zero-order valence-corrected chi connectivity index (χ0v) is 36.2. The van der Waals surface area contributed by atoms with Gasteiger partial charge in [-0.2, -0.15) is 0 Å². The fraction of sp³-hybridized carbons (Fsp3) is 0.0303. The first-order valence-electron chi connectivity index (χ1n) is 23.2. The lowest BCUT2D eigenvalue weighted by Crippen LogP contribution is -2.28. The summed E-state index contributed by atoms with van der Waals surface area (Å²) in [5, 5.41) is 7.83. The third-order valence-corrected chi connectivity index (χ3v) is 15.2. The van der Waals surface area contributed by atoms with Crippen LogP contribution in [-0.2, 0) is 10.8 Å². The highest BCUT2D eigenvalue weighted by molar-refractivity contribution is 6.25. The van der Waals surface area contributed by atoms with Crippen molar-refractivity contribution in [3.8, 4) is 44.5 Å². The molecule has 12 aromatic carbocycles. The molecule has 0 bridgehead atoms. The summed E-state index contributed by atoms with van der Waals surface area (Å²) in [6, 6.07) is 96.0. The molecule has 0 N–H and O–H groups in total. The van der Waals surface area contributed by atoms with Crippen LogP contribution in [0.5, 0.6) is 0 Å². The van der Waals surface area contributed by atoms with E-state index in [1.54, 1.807) is 0 Å². The minimum absolute atomic E-state index is 0.475. The molecular formula is C66H42. The first-order valence-corrected chi connectivity index (χ1v) is 23.2. The molecule has 0 fully saturated rings. The zero-order valence-electron chi connectivity index (χ0n) is 36.2. The van der Waals surface area contributed by atoms with Crippen molar-refractivity contribution in [1.29, 1.82) is 0 Å². The second kappa shape index (κ2) is 14.1. The number of fused-ring (bicyclic) bond motifs is 6. The molecule has 0 heterocycles. The van der Waals surface area contributed by atoms with Crippen LogP contribution in [0.2, 0.25) is 0 Å². The maximum atomic E-state index is 2.52. The van der Waals surface area contributed by atoms with E-state index in [1.165, 1.54) is 121 Å². The molecule has 0 saturated heterocycles. The molecule has 0 nitrogen and oxygen atoms in total. The molecule has 306 valence electrons. The summed E-state index contributed by atoms with van der Waals surface area (Å²) in [4.78, 5) is 0. The molecule has 0 heteroatoms. The van der Waals surface area contributed by atoms with Gasteiger partial charge in [-0.1, -0.05) is 237 Å².